The smallest absolute Gasteiger partial charge is 0.260 e. The second-order valence-electron chi connectivity index (χ2n) is 5.52. The Morgan fingerprint density at radius 3 is 2.61 bits per heavy atom. The molecule has 0 unspecified atom stereocenters. The summed E-state index contributed by atoms with van der Waals surface area (Å²) in [6, 6.07) is 5.11. The van der Waals surface area contributed by atoms with Crippen molar-refractivity contribution in [3.05, 3.63) is 30.1 Å². The molecule has 1 aromatic carbocycles. The lowest BCUT2D eigenvalue weighted by Gasteiger charge is -2.21. The molecule has 0 spiro atoms. The number of hydrazone groups is 1. The van der Waals surface area contributed by atoms with Crippen LogP contribution in [0.15, 0.2) is 29.4 Å². The number of hydrogen-bond acceptors (Lipinski definition) is 4. The van der Waals surface area contributed by atoms with Crippen LogP contribution in [0.25, 0.3) is 0 Å². The summed E-state index contributed by atoms with van der Waals surface area (Å²) in [5.74, 6) is -1.13. The number of carbonyl (C=O) groups excluding carboxylic acids is 1. The lowest BCUT2D eigenvalue weighted by molar-refractivity contribution is -0.119. The molecule has 23 heavy (non-hydrogen) atoms. The van der Waals surface area contributed by atoms with Crippen LogP contribution >= 0.6 is 0 Å². The maximum Gasteiger partial charge on any atom is 0.260 e. The van der Waals surface area contributed by atoms with Crippen LogP contribution in [-0.2, 0) is 14.8 Å². The first-order chi connectivity index (χ1) is 10.9. The molecule has 6 nitrogen and oxygen atoms in total. The molecule has 1 saturated carbocycles. The number of nitrogens with one attached hydrogen (secondary N) is 1. The fraction of sp³-hybridized carbons (Fsp3) is 0.467. The van der Waals surface area contributed by atoms with Crippen molar-refractivity contribution in [1.29, 1.82) is 0 Å². The lowest BCUT2D eigenvalue weighted by Crippen LogP contribution is -2.39. The number of rotatable bonds is 5. The van der Waals surface area contributed by atoms with Crippen LogP contribution in [0.5, 0.6) is 0 Å². The highest BCUT2D eigenvalue weighted by Gasteiger charge is 2.21. The van der Waals surface area contributed by atoms with Gasteiger partial charge >= 0.3 is 0 Å². The third-order valence-corrected chi connectivity index (χ3v) is 4.69. The molecule has 0 aliphatic heterocycles. The van der Waals surface area contributed by atoms with Gasteiger partial charge in [-0.1, -0.05) is 12.5 Å². The van der Waals surface area contributed by atoms with Gasteiger partial charge in [0.15, 0.2) is 0 Å². The van der Waals surface area contributed by atoms with Gasteiger partial charge in [-0.3, -0.25) is 9.10 Å². The summed E-state index contributed by atoms with van der Waals surface area (Å²) in [4.78, 5) is 12.0. The number of halogens is 1. The lowest BCUT2D eigenvalue weighted by atomic mass is 9.99. The quantitative estimate of drug-likeness (QED) is 0.832. The average Bonchev–Trinajstić information content (AvgIpc) is 2.50. The number of carbonyl (C=O) groups is 1. The predicted molar refractivity (Wildman–Crippen MR) is 87.3 cm³/mol. The third-order valence-electron chi connectivity index (χ3n) is 3.55. The molecule has 0 atom stereocenters. The minimum atomic E-state index is -3.72. The Balaban J connectivity index is 2.07. The summed E-state index contributed by atoms with van der Waals surface area (Å²) in [6.07, 6.45) is 5.92. The van der Waals surface area contributed by atoms with Gasteiger partial charge in [0.25, 0.3) is 5.91 Å². The molecule has 0 heterocycles. The monoisotopic (exact) mass is 341 g/mol. The summed E-state index contributed by atoms with van der Waals surface area (Å²) in [5, 5.41) is 4.05. The maximum atomic E-state index is 13.3. The Hall–Kier alpha value is -1.96. The molecule has 0 radical (unpaired) electrons. The fourth-order valence-corrected chi connectivity index (χ4v) is 3.26. The first-order valence-corrected chi connectivity index (χ1v) is 9.28. The summed E-state index contributed by atoms with van der Waals surface area (Å²) < 4.78 is 37.9. The highest BCUT2D eigenvalue weighted by molar-refractivity contribution is 7.92. The van der Waals surface area contributed by atoms with Crippen LogP contribution in [0, 0.1) is 5.82 Å². The number of nitrogens with zero attached hydrogens (tertiary/aromatic N) is 2. The van der Waals surface area contributed by atoms with Gasteiger partial charge in [-0.25, -0.2) is 18.2 Å². The molecule has 1 aliphatic rings. The van der Waals surface area contributed by atoms with Gasteiger partial charge in [0, 0.05) is 5.71 Å². The van der Waals surface area contributed by atoms with E-state index in [2.05, 4.69) is 10.5 Å². The first kappa shape index (κ1) is 17.4. The van der Waals surface area contributed by atoms with E-state index in [1.807, 2.05) is 0 Å². The first-order valence-electron chi connectivity index (χ1n) is 7.44. The highest BCUT2D eigenvalue weighted by Crippen LogP contribution is 2.18. The van der Waals surface area contributed by atoms with Crippen LogP contribution in [0.3, 0.4) is 0 Å². The van der Waals surface area contributed by atoms with Gasteiger partial charge in [-0.05, 0) is 43.9 Å². The van der Waals surface area contributed by atoms with E-state index < -0.39 is 28.3 Å². The van der Waals surface area contributed by atoms with Crippen LogP contribution in [0.4, 0.5) is 10.1 Å². The molecule has 1 aliphatic carbocycles. The molecule has 2 rings (SSSR count). The van der Waals surface area contributed by atoms with E-state index >= 15 is 0 Å². The Morgan fingerprint density at radius 2 is 2.00 bits per heavy atom. The maximum absolute atomic E-state index is 13.3. The molecule has 0 bridgehead atoms. The van der Waals surface area contributed by atoms with Crippen molar-refractivity contribution in [2.75, 3.05) is 17.1 Å². The van der Waals surface area contributed by atoms with Crippen molar-refractivity contribution in [2.45, 2.75) is 32.1 Å². The van der Waals surface area contributed by atoms with Crippen molar-refractivity contribution in [3.8, 4) is 0 Å². The van der Waals surface area contributed by atoms with E-state index in [0.29, 0.717) is 0 Å². The minimum Gasteiger partial charge on any atom is -0.271 e. The van der Waals surface area contributed by atoms with E-state index in [0.717, 1.165) is 54.4 Å². The molecular weight excluding hydrogens is 321 g/mol. The average molecular weight is 341 g/mol. The van der Waals surface area contributed by atoms with Gasteiger partial charge in [-0.2, -0.15) is 5.10 Å². The van der Waals surface area contributed by atoms with E-state index in [9.17, 15) is 17.6 Å². The number of anilines is 1. The zero-order valence-corrected chi connectivity index (χ0v) is 13.8. The Morgan fingerprint density at radius 1 is 1.30 bits per heavy atom. The van der Waals surface area contributed by atoms with E-state index in [1.54, 1.807) is 0 Å². The molecule has 1 aromatic rings. The third kappa shape index (κ3) is 5.31. The number of benzene rings is 1. The van der Waals surface area contributed by atoms with E-state index in [4.69, 9.17) is 0 Å². The van der Waals surface area contributed by atoms with Crippen LogP contribution in [-0.4, -0.2) is 32.8 Å². The molecule has 1 amide bonds. The fourth-order valence-electron chi connectivity index (χ4n) is 2.41. The standard InChI is InChI=1S/C15H20FN3O3S/c1-23(21,22)19(14-9-5-6-12(16)10-14)11-15(20)18-17-13-7-3-2-4-8-13/h5-6,9-10H,2-4,7-8,11H2,1H3,(H,18,20). The predicted octanol–water partition coefficient (Wildman–Crippen LogP) is 2.03. The Bertz CT molecular complexity index is 696. The summed E-state index contributed by atoms with van der Waals surface area (Å²) >= 11 is 0. The zero-order chi connectivity index (χ0) is 16.9. The Labute approximate surface area is 135 Å². The number of sulfonamides is 1. The van der Waals surface area contributed by atoms with Crippen molar-refractivity contribution in [3.63, 3.8) is 0 Å². The van der Waals surface area contributed by atoms with Gasteiger partial charge in [0.2, 0.25) is 10.0 Å². The van der Waals surface area contributed by atoms with Gasteiger partial charge in [-0.15, -0.1) is 0 Å². The van der Waals surface area contributed by atoms with E-state index in [1.165, 1.54) is 18.2 Å². The molecule has 8 heteroatoms. The van der Waals surface area contributed by atoms with Gasteiger partial charge < -0.3 is 0 Å². The Kier molecular flexibility index (Phi) is 5.70. The van der Waals surface area contributed by atoms with Crippen molar-refractivity contribution >= 4 is 27.3 Å². The van der Waals surface area contributed by atoms with E-state index in [-0.39, 0.29) is 5.69 Å². The van der Waals surface area contributed by atoms with Crippen LogP contribution in [0.1, 0.15) is 32.1 Å². The SMILES string of the molecule is CS(=O)(=O)N(CC(=O)NN=C1CCCCC1)c1cccc(F)c1. The zero-order valence-electron chi connectivity index (χ0n) is 13.0. The molecule has 1 N–H and O–H groups in total. The van der Waals surface area contributed by atoms with Gasteiger partial charge in [0.1, 0.15) is 12.4 Å². The van der Waals surface area contributed by atoms with Crippen molar-refractivity contribution in [1.82, 2.24) is 5.43 Å². The molecule has 0 saturated heterocycles. The van der Waals surface area contributed by atoms with Crippen LogP contribution < -0.4 is 9.73 Å². The number of amides is 1. The van der Waals surface area contributed by atoms with Crippen molar-refractivity contribution in [2.24, 2.45) is 5.10 Å². The van der Waals surface area contributed by atoms with Crippen molar-refractivity contribution < 1.29 is 17.6 Å². The second kappa shape index (κ2) is 7.54. The number of hydrogen-bond donors (Lipinski definition) is 1. The van der Waals surface area contributed by atoms with Crippen LogP contribution in [0.2, 0.25) is 0 Å². The second-order valence-corrected chi connectivity index (χ2v) is 7.43. The topological polar surface area (TPSA) is 78.8 Å². The normalized spacial score (nSPS) is 15.1. The minimum absolute atomic E-state index is 0.105. The molecular formula is C15H20FN3O3S. The molecule has 126 valence electrons. The summed E-state index contributed by atoms with van der Waals surface area (Å²) in [5.41, 5.74) is 3.41. The largest absolute Gasteiger partial charge is 0.271 e. The molecule has 1 fully saturated rings. The molecule has 0 aromatic heterocycles. The summed E-state index contributed by atoms with van der Waals surface area (Å²) in [6.45, 7) is -0.445. The van der Waals surface area contributed by atoms with Gasteiger partial charge in [0.05, 0.1) is 11.9 Å². The highest BCUT2D eigenvalue weighted by atomic mass is 32.2. The summed E-state index contributed by atoms with van der Waals surface area (Å²) in [7, 11) is -3.72.